The summed E-state index contributed by atoms with van der Waals surface area (Å²) in [5.41, 5.74) is 4.09. The van der Waals surface area contributed by atoms with Crippen LogP contribution < -0.4 is 10.1 Å². The van der Waals surface area contributed by atoms with E-state index in [1.165, 1.54) is 7.05 Å². The zero-order valence-corrected chi connectivity index (χ0v) is 11.7. The fourth-order valence-electron chi connectivity index (χ4n) is 2.11. The van der Waals surface area contributed by atoms with Gasteiger partial charge in [-0.1, -0.05) is 12.1 Å². The zero-order chi connectivity index (χ0) is 14.7. The minimum atomic E-state index is -0.488. The number of aromatic hydroxyl groups is 1. The van der Waals surface area contributed by atoms with Gasteiger partial charge in [0.05, 0.1) is 0 Å². The Morgan fingerprint density at radius 3 is 2.20 bits per heavy atom. The number of phenols is 1. The third-order valence-corrected chi connectivity index (χ3v) is 3.11. The molecule has 0 bridgehead atoms. The summed E-state index contributed by atoms with van der Waals surface area (Å²) in [5, 5.41) is 11.9. The van der Waals surface area contributed by atoms with Crippen molar-refractivity contribution in [2.24, 2.45) is 0 Å². The van der Waals surface area contributed by atoms with Gasteiger partial charge in [0, 0.05) is 7.05 Å². The number of nitrogens with one attached hydrogen (secondary N) is 1. The second-order valence-electron chi connectivity index (χ2n) is 4.62. The molecule has 2 aromatic carbocycles. The molecule has 0 radical (unpaired) electrons. The van der Waals surface area contributed by atoms with Gasteiger partial charge in [-0.15, -0.1) is 0 Å². The van der Waals surface area contributed by atoms with Crippen molar-refractivity contribution in [3.8, 4) is 22.6 Å². The lowest BCUT2D eigenvalue weighted by Gasteiger charge is -2.11. The average molecular weight is 271 g/mol. The molecule has 4 heteroatoms. The molecule has 0 aromatic heterocycles. The van der Waals surface area contributed by atoms with Crippen molar-refractivity contribution in [1.29, 1.82) is 0 Å². The molecular formula is C16H17NO3. The fraction of sp³-hybridized carbons (Fsp3) is 0.188. The summed E-state index contributed by atoms with van der Waals surface area (Å²) in [6.07, 6.45) is -0.488. The van der Waals surface area contributed by atoms with Crippen LogP contribution in [-0.2, 0) is 0 Å². The number of hydrogen-bond donors (Lipinski definition) is 2. The first kappa shape index (κ1) is 13.9. The Morgan fingerprint density at radius 1 is 1.05 bits per heavy atom. The number of rotatable bonds is 2. The van der Waals surface area contributed by atoms with Crippen molar-refractivity contribution in [3.05, 3.63) is 47.5 Å². The number of hydrogen-bond acceptors (Lipinski definition) is 3. The number of ether oxygens (including phenoxy) is 1. The Hall–Kier alpha value is -2.49. The van der Waals surface area contributed by atoms with Crippen molar-refractivity contribution >= 4 is 6.09 Å². The molecule has 20 heavy (non-hydrogen) atoms. The summed E-state index contributed by atoms with van der Waals surface area (Å²) >= 11 is 0. The lowest BCUT2D eigenvalue weighted by molar-refractivity contribution is 0.203. The topological polar surface area (TPSA) is 58.6 Å². The maximum atomic E-state index is 11.2. The first-order valence-electron chi connectivity index (χ1n) is 6.31. The summed E-state index contributed by atoms with van der Waals surface area (Å²) in [5.74, 6) is 0.755. The molecule has 2 aromatic rings. The van der Waals surface area contributed by atoms with Crippen LogP contribution in [0.1, 0.15) is 11.1 Å². The third-order valence-electron chi connectivity index (χ3n) is 3.11. The van der Waals surface area contributed by atoms with E-state index in [0.717, 1.165) is 22.3 Å². The van der Waals surface area contributed by atoms with Gasteiger partial charge in [0.2, 0.25) is 0 Å². The molecule has 1 amide bonds. The highest BCUT2D eigenvalue weighted by molar-refractivity contribution is 5.74. The molecule has 0 fully saturated rings. The van der Waals surface area contributed by atoms with Crippen LogP contribution in [0.25, 0.3) is 11.1 Å². The molecule has 0 aliphatic heterocycles. The number of carbonyl (C=O) groups is 1. The molecule has 0 atom stereocenters. The number of aryl methyl sites for hydroxylation is 2. The molecule has 0 unspecified atom stereocenters. The van der Waals surface area contributed by atoms with Crippen molar-refractivity contribution in [1.82, 2.24) is 5.32 Å². The molecule has 104 valence electrons. The van der Waals surface area contributed by atoms with Gasteiger partial charge in [-0.25, -0.2) is 4.79 Å². The van der Waals surface area contributed by atoms with E-state index in [1.807, 2.05) is 32.0 Å². The minimum Gasteiger partial charge on any atom is -0.508 e. The summed E-state index contributed by atoms with van der Waals surface area (Å²) in [6.45, 7) is 3.90. The maximum Gasteiger partial charge on any atom is 0.412 e. The van der Waals surface area contributed by atoms with Gasteiger partial charge in [-0.05, 0) is 60.4 Å². The zero-order valence-electron chi connectivity index (χ0n) is 11.7. The Kier molecular flexibility index (Phi) is 3.94. The largest absolute Gasteiger partial charge is 0.508 e. The van der Waals surface area contributed by atoms with Gasteiger partial charge < -0.3 is 15.2 Å². The van der Waals surface area contributed by atoms with Crippen molar-refractivity contribution < 1.29 is 14.6 Å². The SMILES string of the molecule is CNC(=O)Oc1ccc(-c2ccc(O)cc2C)c(C)c1. The monoisotopic (exact) mass is 271 g/mol. The van der Waals surface area contributed by atoms with Crippen molar-refractivity contribution in [2.45, 2.75) is 13.8 Å². The molecule has 0 saturated carbocycles. The lowest BCUT2D eigenvalue weighted by Crippen LogP contribution is -2.22. The molecule has 0 heterocycles. The van der Waals surface area contributed by atoms with E-state index >= 15 is 0 Å². The summed E-state index contributed by atoms with van der Waals surface area (Å²) in [6, 6.07) is 10.8. The fourth-order valence-corrected chi connectivity index (χ4v) is 2.11. The van der Waals surface area contributed by atoms with E-state index in [0.29, 0.717) is 5.75 Å². The van der Waals surface area contributed by atoms with E-state index in [9.17, 15) is 9.90 Å². The quantitative estimate of drug-likeness (QED) is 0.880. The molecule has 0 aliphatic rings. The standard InChI is InChI=1S/C16H17NO3/c1-10-8-12(18)4-6-14(10)15-7-5-13(9-11(15)2)20-16(19)17-3/h4-9,18H,1-3H3,(H,17,19). The van der Waals surface area contributed by atoms with Gasteiger partial charge in [0.1, 0.15) is 11.5 Å². The Bertz CT molecular complexity index is 650. The molecule has 2 N–H and O–H groups in total. The average Bonchev–Trinajstić information content (AvgIpc) is 2.40. The number of amides is 1. The third kappa shape index (κ3) is 2.91. The minimum absolute atomic E-state index is 0.253. The lowest BCUT2D eigenvalue weighted by atomic mass is 9.96. The van der Waals surface area contributed by atoms with Crippen LogP contribution in [0.4, 0.5) is 4.79 Å². The van der Waals surface area contributed by atoms with Gasteiger partial charge in [-0.3, -0.25) is 0 Å². The summed E-state index contributed by atoms with van der Waals surface area (Å²) in [7, 11) is 1.52. The Balaban J connectivity index is 2.36. The van der Waals surface area contributed by atoms with E-state index in [-0.39, 0.29) is 5.75 Å². The number of benzene rings is 2. The number of phenolic OH excluding ortho intramolecular Hbond substituents is 1. The summed E-state index contributed by atoms with van der Waals surface area (Å²) < 4.78 is 5.09. The molecular weight excluding hydrogens is 254 g/mol. The highest BCUT2D eigenvalue weighted by atomic mass is 16.5. The van der Waals surface area contributed by atoms with Crippen LogP contribution in [0.2, 0.25) is 0 Å². The predicted octanol–water partition coefficient (Wildman–Crippen LogP) is 3.39. The number of carbonyl (C=O) groups excluding carboxylic acids is 1. The predicted molar refractivity (Wildman–Crippen MR) is 78.1 cm³/mol. The van der Waals surface area contributed by atoms with Gasteiger partial charge in [-0.2, -0.15) is 0 Å². The first-order chi connectivity index (χ1) is 9.51. The van der Waals surface area contributed by atoms with Crippen LogP contribution in [0.3, 0.4) is 0 Å². The van der Waals surface area contributed by atoms with Crippen LogP contribution >= 0.6 is 0 Å². The van der Waals surface area contributed by atoms with E-state index in [2.05, 4.69) is 5.32 Å². The molecule has 0 aliphatic carbocycles. The second kappa shape index (κ2) is 5.65. The van der Waals surface area contributed by atoms with Crippen LogP contribution in [0.15, 0.2) is 36.4 Å². The summed E-state index contributed by atoms with van der Waals surface area (Å²) in [4.78, 5) is 11.2. The van der Waals surface area contributed by atoms with E-state index < -0.39 is 6.09 Å². The van der Waals surface area contributed by atoms with Crippen LogP contribution in [0, 0.1) is 13.8 Å². The highest BCUT2D eigenvalue weighted by Crippen LogP contribution is 2.31. The normalized spacial score (nSPS) is 10.2. The molecule has 0 spiro atoms. The van der Waals surface area contributed by atoms with Gasteiger partial charge >= 0.3 is 6.09 Å². The molecule has 0 saturated heterocycles. The van der Waals surface area contributed by atoms with Crippen LogP contribution in [-0.4, -0.2) is 18.2 Å². The van der Waals surface area contributed by atoms with Crippen molar-refractivity contribution in [3.63, 3.8) is 0 Å². The molecule has 2 rings (SSSR count). The molecule has 4 nitrogen and oxygen atoms in total. The highest BCUT2D eigenvalue weighted by Gasteiger charge is 2.08. The van der Waals surface area contributed by atoms with E-state index in [1.54, 1.807) is 18.2 Å². The second-order valence-corrected chi connectivity index (χ2v) is 4.62. The smallest absolute Gasteiger partial charge is 0.412 e. The first-order valence-corrected chi connectivity index (χ1v) is 6.31. The van der Waals surface area contributed by atoms with Crippen molar-refractivity contribution in [2.75, 3.05) is 7.05 Å². The van der Waals surface area contributed by atoms with E-state index in [4.69, 9.17) is 4.74 Å². The Labute approximate surface area is 118 Å². The maximum absolute atomic E-state index is 11.2. The Morgan fingerprint density at radius 2 is 1.65 bits per heavy atom. The van der Waals surface area contributed by atoms with Gasteiger partial charge in [0.15, 0.2) is 0 Å². The van der Waals surface area contributed by atoms with Gasteiger partial charge in [0.25, 0.3) is 0 Å². The van der Waals surface area contributed by atoms with Crippen LogP contribution in [0.5, 0.6) is 11.5 Å².